The van der Waals surface area contributed by atoms with E-state index in [0.717, 1.165) is 13.2 Å². The van der Waals surface area contributed by atoms with E-state index in [1.54, 1.807) is 0 Å². The molecule has 1 heterocycles. The molecule has 10 heavy (non-hydrogen) atoms. The molecule has 1 fully saturated rings. The third-order valence-electron chi connectivity index (χ3n) is 2.08. The maximum Gasteiger partial charge on any atom is 0.0714 e. The number of hydrogen-bond acceptors (Lipinski definition) is 2. The Kier molecular flexibility index (Phi) is 3.16. The lowest BCUT2D eigenvalue weighted by molar-refractivity contribution is 0.0756. The second-order valence-corrected chi connectivity index (χ2v) is 2.83. The summed E-state index contributed by atoms with van der Waals surface area (Å²) in [6.45, 7) is 6.17. The molecule has 1 saturated heterocycles. The first-order valence-corrected chi connectivity index (χ1v) is 4.21. The van der Waals surface area contributed by atoms with Gasteiger partial charge in [0.1, 0.15) is 0 Å². The lowest BCUT2D eigenvalue weighted by Gasteiger charge is -2.07. The van der Waals surface area contributed by atoms with Crippen LogP contribution in [0.1, 0.15) is 26.7 Å². The van der Waals surface area contributed by atoms with Gasteiger partial charge in [-0.1, -0.05) is 6.92 Å². The van der Waals surface area contributed by atoms with Crippen molar-refractivity contribution in [1.29, 1.82) is 0 Å². The van der Waals surface area contributed by atoms with E-state index < -0.39 is 0 Å². The zero-order chi connectivity index (χ0) is 7.40. The zero-order valence-corrected chi connectivity index (χ0v) is 6.89. The smallest absolute Gasteiger partial charge is 0.0714 e. The minimum Gasteiger partial charge on any atom is -0.377 e. The highest BCUT2D eigenvalue weighted by atomic mass is 16.5. The Morgan fingerprint density at radius 2 is 2.30 bits per heavy atom. The molecule has 0 unspecified atom stereocenters. The fraction of sp³-hybridized carbons (Fsp3) is 1.00. The molecule has 60 valence electrons. The first-order chi connectivity index (χ1) is 4.86. The molecular formula is C8H17NO. The second kappa shape index (κ2) is 3.94. The van der Waals surface area contributed by atoms with Crippen LogP contribution in [-0.2, 0) is 4.74 Å². The lowest BCUT2D eigenvalue weighted by atomic mass is 10.1. The van der Waals surface area contributed by atoms with Crippen molar-refractivity contribution >= 4 is 0 Å². The summed E-state index contributed by atoms with van der Waals surface area (Å²) in [6.07, 6.45) is 2.91. The van der Waals surface area contributed by atoms with Gasteiger partial charge in [0.05, 0.1) is 6.10 Å². The monoisotopic (exact) mass is 143 g/mol. The maximum absolute atomic E-state index is 5.47. The first-order valence-electron chi connectivity index (χ1n) is 4.21. The first kappa shape index (κ1) is 8.02. The van der Waals surface area contributed by atoms with Crippen LogP contribution in [0.3, 0.4) is 0 Å². The maximum atomic E-state index is 5.47. The predicted molar refractivity (Wildman–Crippen MR) is 42.1 cm³/mol. The molecule has 1 N–H and O–H groups in total. The minimum atomic E-state index is 0.481. The molecule has 0 aromatic rings. The molecule has 2 atom stereocenters. The van der Waals surface area contributed by atoms with Crippen LogP contribution in [0.2, 0.25) is 0 Å². The molecule has 0 aromatic carbocycles. The fourth-order valence-corrected chi connectivity index (χ4v) is 1.46. The molecule has 2 nitrogen and oxygen atoms in total. The van der Waals surface area contributed by atoms with Crippen LogP contribution in [0.25, 0.3) is 0 Å². The van der Waals surface area contributed by atoms with E-state index in [2.05, 4.69) is 19.2 Å². The highest BCUT2D eigenvalue weighted by Gasteiger charge is 2.21. The highest BCUT2D eigenvalue weighted by Crippen LogP contribution is 2.11. The van der Waals surface area contributed by atoms with E-state index in [4.69, 9.17) is 4.74 Å². The van der Waals surface area contributed by atoms with E-state index in [1.807, 2.05) is 0 Å². The molecular weight excluding hydrogens is 126 g/mol. The average molecular weight is 143 g/mol. The quantitative estimate of drug-likeness (QED) is 0.640. The summed E-state index contributed by atoms with van der Waals surface area (Å²) in [5.74, 6) is 0. The van der Waals surface area contributed by atoms with Crippen molar-refractivity contribution in [3.63, 3.8) is 0 Å². The Morgan fingerprint density at radius 3 is 2.80 bits per heavy atom. The normalized spacial score (nSPS) is 33.0. The summed E-state index contributed by atoms with van der Waals surface area (Å²) in [5, 5.41) is 3.42. The van der Waals surface area contributed by atoms with Crippen molar-refractivity contribution in [3.05, 3.63) is 0 Å². The van der Waals surface area contributed by atoms with Crippen LogP contribution in [-0.4, -0.2) is 25.3 Å². The second-order valence-electron chi connectivity index (χ2n) is 2.83. The summed E-state index contributed by atoms with van der Waals surface area (Å²) < 4.78 is 5.47. The van der Waals surface area contributed by atoms with Crippen LogP contribution < -0.4 is 5.32 Å². The van der Waals surface area contributed by atoms with Gasteiger partial charge in [-0.3, -0.25) is 0 Å². The fourth-order valence-electron chi connectivity index (χ4n) is 1.46. The molecule has 0 radical (unpaired) electrons. The van der Waals surface area contributed by atoms with Crippen LogP contribution in [0, 0.1) is 0 Å². The van der Waals surface area contributed by atoms with Gasteiger partial charge in [-0.05, 0) is 19.8 Å². The summed E-state index contributed by atoms with van der Waals surface area (Å²) in [7, 11) is 0. The van der Waals surface area contributed by atoms with Gasteiger partial charge in [-0.2, -0.15) is 0 Å². The van der Waals surface area contributed by atoms with Gasteiger partial charge in [-0.15, -0.1) is 0 Å². The van der Waals surface area contributed by atoms with Crippen molar-refractivity contribution in [2.75, 3.05) is 13.2 Å². The molecule has 0 aliphatic carbocycles. The summed E-state index contributed by atoms with van der Waals surface area (Å²) in [5.41, 5.74) is 0. The van der Waals surface area contributed by atoms with Crippen molar-refractivity contribution < 1.29 is 4.74 Å². The molecule has 0 bridgehead atoms. The molecule has 0 saturated carbocycles. The van der Waals surface area contributed by atoms with E-state index in [0.29, 0.717) is 12.1 Å². The minimum absolute atomic E-state index is 0.481. The van der Waals surface area contributed by atoms with Crippen LogP contribution in [0.4, 0.5) is 0 Å². The third kappa shape index (κ3) is 1.96. The SMILES string of the molecule is CCO[C@@H]1CN[C@@H](CC)C1. The molecule has 1 rings (SSSR count). The van der Waals surface area contributed by atoms with Crippen LogP contribution >= 0.6 is 0 Å². The molecule has 0 amide bonds. The van der Waals surface area contributed by atoms with Gasteiger partial charge in [0.25, 0.3) is 0 Å². The van der Waals surface area contributed by atoms with Crippen molar-refractivity contribution in [2.45, 2.75) is 38.8 Å². The predicted octanol–water partition coefficient (Wildman–Crippen LogP) is 1.16. The van der Waals surface area contributed by atoms with Gasteiger partial charge < -0.3 is 10.1 Å². The van der Waals surface area contributed by atoms with Gasteiger partial charge in [0.15, 0.2) is 0 Å². The molecule has 1 aliphatic rings. The number of nitrogens with one attached hydrogen (secondary N) is 1. The Morgan fingerprint density at radius 1 is 1.50 bits per heavy atom. The van der Waals surface area contributed by atoms with Gasteiger partial charge in [0.2, 0.25) is 0 Å². The van der Waals surface area contributed by atoms with Crippen molar-refractivity contribution in [1.82, 2.24) is 5.32 Å². The highest BCUT2D eigenvalue weighted by molar-refractivity contribution is 4.80. The topological polar surface area (TPSA) is 21.3 Å². The van der Waals surface area contributed by atoms with E-state index in [1.165, 1.54) is 12.8 Å². The van der Waals surface area contributed by atoms with Crippen molar-refractivity contribution in [3.8, 4) is 0 Å². The molecule has 1 aliphatic heterocycles. The average Bonchev–Trinajstić information content (AvgIpc) is 2.37. The van der Waals surface area contributed by atoms with Crippen LogP contribution in [0.15, 0.2) is 0 Å². The zero-order valence-electron chi connectivity index (χ0n) is 6.89. The third-order valence-corrected chi connectivity index (χ3v) is 2.08. The van der Waals surface area contributed by atoms with Crippen molar-refractivity contribution in [2.24, 2.45) is 0 Å². The standard InChI is InChI=1S/C8H17NO/c1-3-7-5-8(6-9-7)10-4-2/h7-9H,3-6H2,1-2H3/t7-,8-/m0/s1. The largest absolute Gasteiger partial charge is 0.377 e. The summed E-state index contributed by atoms with van der Waals surface area (Å²) in [6, 6.07) is 0.705. The van der Waals surface area contributed by atoms with Gasteiger partial charge in [-0.25, -0.2) is 0 Å². The number of hydrogen-bond donors (Lipinski definition) is 1. The summed E-state index contributed by atoms with van der Waals surface area (Å²) >= 11 is 0. The Hall–Kier alpha value is -0.0800. The Bertz CT molecular complexity index is 95.3. The number of ether oxygens (including phenoxy) is 1. The van der Waals surface area contributed by atoms with E-state index in [9.17, 15) is 0 Å². The van der Waals surface area contributed by atoms with Gasteiger partial charge >= 0.3 is 0 Å². The lowest BCUT2D eigenvalue weighted by Crippen LogP contribution is -2.20. The number of rotatable bonds is 3. The Labute approximate surface area is 63.0 Å². The van der Waals surface area contributed by atoms with E-state index >= 15 is 0 Å². The van der Waals surface area contributed by atoms with E-state index in [-0.39, 0.29) is 0 Å². The molecule has 2 heteroatoms. The molecule has 0 spiro atoms. The van der Waals surface area contributed by atoms with Crippen LogP contribution in [0.5, 0.6) is 0 Å². The Balaban J connectivity index is 2.15. The summed E-state index contributed by atoms with van der Waals surface area (Å²) in [4.78, 5) is 0. The molecule has 0 aromatic heterocycles. The van der Waals surface area contributed by atoms with Gasteiger partial charge in [0, 0.05) is 19.2 Å².